The molecule has 2 heterocycles. The molecule has 0 spiro atoms. The number of hydrazone groups is 1. The highest BCUT2D eigenvalue weighted by Crippen LogP contribution is 2.36. The Morgan fingerprint density at radius 2 is 1.83 bits per heavy atom. The van der Waals surface area contributed by atoms with Gasteiger partial charge in [0.1, 0.15) is 0 Å². The lowest BCUT2D eigenvalue weighted by Gasteiger charge is -2.02. The molecular weight excluding hydrogens is 368 g/mol. The van der Waals surface area contributed by atoms with Gasteiger partial charge < -0.3 is 0 Å². The molecule has 0 fully saturated rings. The van der Waals surface area contributed by atoms with E-state index in [9.17, 15) is 8.42 Å². The summed E-state index contributed by atoms with van der Waals surface area (Å²) >= 11 is 5.05. The third-order valence-electron chi connectivity index (χ3n) is 3.10. The fourth-order valence-electron chi connectivity index (χ4n) is 1.93. The predicted octanol–water partition coefficient (Wildman–Crippen LogP) is 4.31. The van der Waals surface area contributed by atoms with Gasteiger partial charge in [0.2, 0.25) is 0 Å². The van der Waals surface area contributed by atoms with Crippen molar-refractivity contribution in [3.8, 4) is 0 Å². The van der Waals surface area contributed by atoms with E-state index in [2.05, 4.69) is 22.3 Å². The van der Waals surface area contributed by atoms with Gasteiger partial charge in [-0.1, -0.05) is 17.7 Å². The summed E-state index contributed by atoms with van der Waals surface area (Å²) in [6, 6.07) is 10.8. The average molecular weight is 383 g/mol. The van der Waals surface area contributed by atoms with E-state index in [0.717, 1.165) is 10.4 Å². The van der Waals surface area contributed by atoms with Crippen molar-refractivity contribution in [2.45, 2.75) is 16.0 Å². The number of benzene rings is 1. The fourth-order valence-corrected chi connectivity index (χ4v) is 5.64. The highest BCUT2D eigenvalue weighted by Gasteiger charge is 2.12. The third-order valence-corrected chi connectivity index (χ3v) is 7.63. The Labute approximate surface area is 147 Å². The molecule has 0 saturated heterocycles. The number of sulfonamides is 1. The number of thiophene rings is 2. The summed E-state index contributed by atoms with van der Waals surface area (Å²) in [6.45, 7) is 1.91. The van der Waals surface area contributed by atoms with E-state index in [-0.39, 0.29) is 4.90 Å². The molecule has 2 aromatic heterocycles. The van der Waals surface area contributed by atoms with Gasteiger partial charge in [0, 0.05) is 14.3 Å². The van der Waals surface area contributed by atoms with Crippen LogP contribution in [0.4, 0.5) is 0 Å². The van der Waals surface area contributed by atoms with Gasteiger partial charge in [-0.05, 0) is 37.4 Å². The maximum absolute atomic E-state index is 12.1. The van der Waals surface area contributed by atoms with Crippen LogP contribution in [0, 0.1) is 6.92 Å². The summed E-state index contributed by atoms with van der Waals surface area (Å²) in [5.74, 6) is 0. The molecule has 0 bridgehead atoms. The number of nitrogens with one attached hydrogen (secondary N) is 1. The molecule has 0 amide bonds. The first kappa shape index (κ1) is 16.5. The van der Waals surface area contributed by atoms with Crippen LogP contribution in [0.25, 0.3) is 9.40 Å². The Balaban J connectivity index is 1.73. The standard InChI is InChI=1S/C15H14N2O2S4/c1-10-3-5-12(6-4-10)23(18,19)17-16-9-11-7-13-14(21-11)8-15(20-2)22-13/h3-9,17H,1-2H3/b16-9+. The van der Waals surface area contributed by atoms with Crippen LogP contribution in [-0.2, 0) is 10.0 Å². The van der Waals surface area contributed by atoms with E-state index < -0.39 is 10.0 Å². The summed E-state index contributed by atoms with van der Waals surface area (Å²) in [5, 5.41) is 3.88. The number of fused-ring (bicyclic) bond motifs is 1. The molecule has 4 nitrogen and oxygen atoms in total. The number of aryl methyl sites for hydroxylation is 1. The van der Waals surface area contributed by atoms with Crippen LogP contribution < -0.4 is 4.83 Å². The smallest absolute Gasteiger partial charge is 0.200 e. The Morgan fingerprint density at radius 1 is 1.13 bits per heavy atom. The molecule has 1 aromatic carbocycles. The lowest BCUT2D eigenvalue weighted by atomic mass is 10.2. The van der Waals surface area contributed by atoms with E-state index in [1.807, 2.05) is 13.0 Å². The molecule has 0 radical (unpaired) electrons. The fraction of sp³-hybridized carbons (Fsp3) is 0.133. The molecule has 0 aliphatic heterocycles. The number of hydrogen-bond acceptors (Lipinski definition) is 6. The van der Waals surface area contributed by atoms with Crippen molar-refractivity contribution in [1.82, 2.24) is 4.83 Å². The summed E-state index contributed by atoms with van der Waals surface area (Å²) in [6.07, 6.45) is 3.60. The van der Waals surface area contributed by atoms with E-state index in [4.69, 9.17) is 0 Å². The lowest BCUT2D eigenvalue weighted by Crippen LogP contribution is -2.18. The van der Waals surface area contributed by atoms with Crippen molar-refractivity contribution in [3.05, 3.63) is 46.8 Å². The van der Waals surface area contributed by atoms with Crippen LogP contribution in [-0.4, -0.2) is 20.9 Å². The van der Waals surface area contributed by atoms with Gasteiger partial charge in [-0.15, -0.1) is 34.4 Å². The number of thioether (sulfide) groups is 1. The normalized spacial score (nSPS) is 12.3. The minimum absolute atomic E-state index is 0.206. The minimum atomic E-state index is -3.62. The van der Waals surface area contributed by atoms with Crippen molar-refractivity contribution in [1.29, 1.82) is 0 Å². The van der Waals surface area contributed by atoms with Crippen LogP contribution >= 0.6 is 34.4 Å². The second-order valence-corrected chi connectivity index (χ2v) is 9.78. The zero-order chi connectivity index (χ0) is 16.4. The molecule has 0 atom stereocenters. The van der Waals surface area contributed by atoms with Gasteiger partial charge in [-0.2, -0.15) is 13.5 Å². The van der Waals surface area contributed by atoms with Crippen LogP contribution in [0.1, 0.15) is 10.4 Å². The SMILES string of the molecule is CSc1cc2sc(/C=N/NS(=O)(=O)c3ccc(C)cc3)cc2s1. The molecule has 0 aliphatic rings. The van der Waals surface area contributed by atoms with Gasteiger partial charge >= 0.3 is 0 Å². The van der Waals surface area contributed by atoms with Gasteiger partial charge in [0.15, 0.2) is 0 Å². The molecule has 0 aliphatic carbocycles. The maximum atomic E-state index is 12.1. The molecular formula is C15H14N2O2S4. The van der Waals surface area contributed by atoms with E-state index >= 15 is 0 Å². The predicted molar refractivity (Wildman–Crippen MR) is 101 cm³/mol. The highest BCUT2D eigenvalue weighted by atomic mass is 32.2. The summed E-state index contributed by atoms with van der Waals surface area (Å²) in [7, 11) is -3.62. The van der Waals surface area contributed by atoms with Gasteiger partial charge in [0.05, 0.1) is 15.3 Å². The summed E-state index contributed by atoms with van der Waals surface area (Å²) < 4.78 is 27.9. The third kappa shape index (κ3) is 3.77. The van der Waals surface area contributed by atoms with Gasteiger partial charge in [-0.3, -0.25) is 0 Å². The zero-order valence-corrected chi connectivity index (χ0v) is 15.7. The van der Waals surface area contributed by atoms with Crippen LogP contribution in [0.5, 0.6) is 0 Å². The Morgan fingerprint density at radius 3 is 2.48 bits per heavy atom. The molecule has 120 valence electrons. The summed E-state index contributed by atoms with van der Waals surface area (Å²) in [5.41, 5.74) is 1.01. The first-order valence-corrected chi connectivity index (χ1v) is 11.0. The molecule has 0 saturated carbocycles. The average Bonchev–Trinajstić information content (AvgIpc) is 3.05. The second-order valence-electron chi connectivity index (χ2n) is 4.81. The summed E-state index contributed by atoms with van der Waals surface area (Å²) in [4.78, 5) is 3.38. The van der Waals surface area contributed by atoms with E-state index in [1.54, 1.807) is 64.9 Å². The van der Waals surface area contributed by atoms with Crippen molar-refractivity contribution in [2.24, 2.45) is 5.10 Å². The highest BCUT2D eigenvalue weighted by molar-refractivity contribution is 8.00. The molecule has 3 aromatic rings. The Bertz CT molecular complexity index is 922. The van der Waals surface area contributed by atoms with E-state index in [1.165, 1.54) is 13.6 Å². The molecule has 8 heteroatoms. The number of nitrogens with zero attached hydrogens (tertiary/aromatic N) is 1. The van der Waals surface area contributed by atoms with Crippen molar-refractivity contribution in [2.75, 3.05) is 6.26 Å². The quantitative estimate of drug-likeness (QED) is 0.406. The van der Waals surface area contributed by atoms with Crippen LogP contribution in [0.15, 0.2) is 50.6 Å². The van der Waals surface area contributed by atoms with E-state index in [0.29, 0.717) is 0 Å². The van der Waals surface area contributed by atoms with Crippen molar-refractivity contribution in [3.63, 3.8) is 0 Å². The van der Waals surface area contributed by atoms with Crippen LogP contribution in [0.3, 0.4) is 0 Å². The number of rotatable bonds is 5. The maximum Gasteiger partial charge on any atom is 0.276 e. The van der Waals surface area contributed by atoms with Gasteiger partial charge in [-0.25, -0.2) is 4.83 Å². The zero-order valence-electron chi connectivity index (χ0n) is 12.4. The second kappa shape index (κ2) is 6.64. The monoisotopic (exact) mass is 382 g/mol. The lowest BCUT2D eigenvalue weighted by molar-refractivity contribution is 0.584. The van der Waals surface area contributed by atoms with Crippen molar-refractivity contribution < 1.29 is 8.42 Å². The minimum Gasteiger partial charge on any atom is -0.200 e. The number of hydrogen-bond donors (Lipinski definition) is 1. The molecule has 0 unspecified atom stereocenters. The Kier molecular flexibility index (Phi) is 4.77. The van der Waals surface area contributed by atoms with Crippen molar-refractivity contribution >= 4 is 60.1 Å². The Hall–Kier alpha value is -1.35. The first-order chi connectivity index (χ1) is 11.0. The molecule has 3 rings (SSSR count). The van der Waals surface area contributed by atoms with Gasteiger partial charge in [0.25, 0.3) is 10.0 Å². The largest absolute Gasteiger partial charge is 0.276 e. The first-order valence-electron chi connectivity index (χ1n) is 6.67. The topological polar surface area (TPSA) is 58.5 Å². The molecule has 23 heavy (non-hydrogen) atoms. The van der Waals surface area contributed by atoms with Crippen LogP contribution in [0.2, 0.25) is 0 Å². The molecule has 1 N–H and O–H groups in total.